The fourth-order valence-corrected chi connectivity index (χ4v) is 4.99. The second-order valence-electron chi connectivity index (χ2n) is 9.16. The van der Waals surface area contributed by atoms with Gasteiger partial charge in [0.15, 0.2) is 17.2 Å². The maximum Gasteiger partial charge on any atom is 0.422 e. The molecule has 0 saturated carbocycles. The van der Waals surface area contributed by atoms with Crippen LogP contribution in [0.2, 0.25) is 0 Å². The van der Waals surface area contributed by atoms with Crippen molar-refractivity contribution >= 4 is 5.97 Å². The fourth-order valence-electron chi connectivity index (χ4n) is 4.99. The fraction of sp³-hybridized carbons (Fsp3) is 0.269. The number of rotatable bonds is 5. The zero-order chi connectivity index (χ0) is 25.0. The van der Waals surface area contributed by atoms with Crippen molar-refractivity contribution < 1.29 is 32.1 Å². The van der Waals surface area contributed by atoms with Gasteiger partial charge in [-0.15, -0.1) is 0 Å². The van der Waals surface area contributed by atoms with Crippen LogP contribution in [0.1, 0.15) is 22.3 Å². The number of likely N-dealkylation sites (tertiary alicyclic amines) is 1. The summed E-state index contributed by atoms with van der Waals surface area (Å²) in [5.74, 6) is -1.49. The molecular weight excluding hydrogens is 475 g/mol. The van der Waals surface area contributed by atoms with Gasteiger partial charge in [0, 0.05) is 36.3 Å². The van der Waals surface area contributed by atoms with Crippen LogP contribution in [0.5, 0.6) is 0 Å². The molecule has 1 N–H and O–H groups in total. The Morgan fingerprint density at radius 2 is 1.72 bits per heavy atom. The first-order valence-electron chi connectivity index (χ1n) is 11.5. The first kappa shape index (κ1) is 22.5. The number of nitrogens with zero attached hydrogens (tertiary/aromatic N) is 3. The Balaban J connectivity index is 1.33. The van der Waals surface area contributed by atoms with Crippen LogP contribution in [0.3, 0.4) is 0 Å². The molecule has 1 saturated heterocycles. The lowest BCUT2D eigenvalue weighted by molar-refractivity contribution is -0.147. The molecule has 0 amide bonds. The van der Waals surface area contributed by atoms with Crippen molar-refractivity contribution in [2.24, 2.45) is 5.92 Å². The Morgan fingerprint density at radius 1 is 1.00 bits per heavy atom. The number of hydrogen-bond donors (Lipinski definition) is 1. The van der Waals surface area contributed by atoms with Crippen LogP contribution >= 0.6 is 0 Å². The molecule has 7 nitrogen and oxygen atoms in total. The van der Waals surface area contributed by atoms with Crippen LogP contribution in [0.4, 0.5) is 13.2 Å². The molecule has 1 aliphatic heterocycles. The first-order valence-corrected chi connectivity index (χ1v) is 11.5. The highest BCUT2D eigenvalue weighted by molar-refractivity contribution is 5.79. The number of aromatic nitrogens is 2. The maximum atomic E-state index is 14.1. The molecule has 2 aliphatic rings. The smallest absolute Gasteiger partial charge is 0.422 e. The largest absolute Gasteiger partial charge is 0.481 e. The lowest BCUT2D eigenvalue weighted by Crippen LogP contribution is -2.49. The van der Waals surface area contributed by atoms with Gasteiger partial charge in [-0.05, 0) is 24.0 Å². The minimum absolute atomic E-state index is 0.0294. The van der Waals surface area contributed by atoms with Crippen molar-refractivity contribution in [3.63, 3.8) is 0 Å². The molecule has 0 radical (unpaired) electrons. The van der Waals surface area contributed by atoms with Gasteiger partial charge in [0.25, 0.3) is 0 Å². The zero-order valence-electron chi connectivity index (χ0n) is 18.9. The van der Waals surface area contributed by atoms with Gasteiger partial charge in [-0.25, -0.2) is 0 Å². The van der Waals surface area contributed by atoms with E-state index in [1.54, 1.807) is 18.2 Å². The lowest BCUT2D eigenvalue weighted by Gasteiger charge is -2.36. The number of halogens is 3. The van der Waals surface area contributed by atoms with Gasteiger partial charge in [0.1, 0.15) is 11.3 Å². The van der Waals surface area contributed by atoms with E-state index in [0.717, 1.165) is 16.7 Å². The van der Waals surface area contributed by atoms with Gasteiger partial charge in [-0.3, -0.25) is 9.69 Å². The van der Waals surface area contributed by atoms with Gasteiger partial charge in [-0.1, -0.05) is 58.8 Å². The maximum absolute atomic E-state index is 14.1. The summed E-state index contributed by atoms with van der Waals surface area (Å²) >= 11 is 0. The molecule has 3 heterocycles. The number of benzene rings is 2. The number of aryl methyl sites for hydroxylation is 1. The zero-order valence-corrected chi connectivity index (χ0v) is 18.9. The molecule has 0 unspecified atom stereocenters. The molecule has 0 bridgehead atoms. The average Bonchev–Trinajstić information content (AvgIpc) is 3.45. The molecule has 10 heteroatoms. The third-order valence-corrected chi connectivity index (χ3v) is 6.80. The molecule has 1 aliphatic carbocycles. The summed E-state index contributed by atoms with van der Waals surface area (Å²) in [7, 11) is 0. The highest BCUT2D eigenvalue weighted by Crippen LogP contribution is 2.46. The van der Waals surface area contributed by atoms with E-state index in [9.17, 15) is 18.0 Å². The van der Waals surface area contributed by atoms with Crippen LogP contribution in [0.15, 0.2) is 57.6 Å². The Labute approximate surface area is 203 Å². The number of alkyl halides is 3. The van der Waals surface area contributed by atoms with E-state index in [4.69, 9.17) is 14.2 Å². The van der Waals surface area contributed by atoms with E-state index >= 15 is 0 Å². The number of fused-ring (bicyclic) bond motifs is 3. The van der Waals surface area contributed by atoms with Gasteiger partial charge in [-0.2, -0.15) is 13.2 Å². The topological polar surface area (TPSA) is 92.6 Å². The number of aliphatic carboxylic acids is 1. The van der Waals surface area contributed by atoms with Gasteiger partial charge < -0.3 is 14.2 Å². The number of carboxylic acid groups (broad SMARTS) is 1. The second-order valence-corrected chi connectivity index (χ2v) is 9.16. The van der Waals surface area contributed by atoms with Crippen molar-refractivity contribution in [3.05, 3.63) is 70.8 Å². The number of hydrogen-bond acceptors (Lipinski definition) is 6. The van der Waals surface area contributed by atoms with Crippen LogP contribution in [0, 0.1) is 5.92 Å². The van der Waals surface area contributed by atoms with Crippen molar-refractivity contribution in [2.45, 2.75) is 25.6 Å². The SMILES string of the molecule is O=C(O)C1CN(Cc2ccc3c(c2)CCc2c-3noc2-c2noc(-c3ccccc3)c2C(F)(F)F)C1. The van der Waals surface area contributed by atoms with Gasteiger partial charge in [0.2, 0.25) is 0 Å². The predicted molar refractivity (Wildman–Crippen MR) is 122 cm³/mol. The van der Waals surface area contributed by atoms with Gasteiger partial charge in [0.05, 0.1) is 5.92 Å². The highest BCUT2D eigenvalue weighted by atomic mass is 19.4. The Bertz CT molecular complexity index is 1450. The van der Waals surface area contributed by atoms with E-state index in [0.29, 0.717) is 43.7 Å². The molecule has 36 heavy (non-hydrogen) atoms. The minimum Gasteiger partial charge on any atom is -0.481 e. The van der Waals surface area contributed by atoms with E-state index in [1.807, 2.05) is 18.2 Å². The van der Waals surface area contributed by atoms with Crippen LogP contribution < -0.4 is 0 Å². The van der Waals surface area contributed by atoms with Crippen LogP contribution in [0.25, 0.3) is 34.0 Å². The Kier molecular flexibility index (Phi) is 5.22. The van der Waals surface area contributed by atoms with Crippen LogP contribution in [-0.4, -0.2) is 39.4 Å². The quantitative estimate of drug-likeness (QED) is 0.402. The Hall–Kier alpha value is -3.92. The van der Waals surface area contributed by atoms with Crippen molar-refractivity contribution in [2.75, 3.05) is 13.1 Å². The molecule has 6 rings (SSSR count). The third kappa shape index (κ3) is 3.78. The first-order chi connectivity index (χ1) is 17.3. The van der Waals surface area contributed by atoms with Crippen molar-refractivity contribution in [1.29, 1.82) is 0 Å². The summed E-state index contributed by atoms with van der Waals surface area (Å²) in [5, 5.41) is 17.0. The highest BCUT2D eigenvalue weighted by Gasteiger charge is 2.43. The number of carboxylic acids is 1. The van der Waals surface area contributed by atoms with E-state index < -0.39 is 23.4 Å². The molecule has 1 fully saturated rings. The molecule has 2 aromatic carbocycles. The van der Waals surface area contributed by atoms with Crippen molar-refractivity contribution in [3.8, 4) is 34.0 Å². The lowest BCUT2D eigenvalue weighted by atomic mass is 9.87. The summed E-state index contributed by atoms with van der Waals surface area (Å²) < 4.78 is 53.1. The minimum atomic E-state index is -4.71. The summed E-state index contributed by atoms with van der Waals surface area (Å²) in [5.41, 5.74) is 2.84. The molecule has 4 aromatic rings. The van der Waals surface area contributed by atoms with Gasteiger partial charge >= 0.3 is 12.1 Å². The predicted octanol–water partition coefficient (Wildman–Crippen LogP) is 5.30. The number of carbonyl (C=O) groups is 1. The summed E-state index contributed by atoms with van der Waals surface area (Å²) in [6.45, 7) is 1.69. The average molecular weight is 495 g/mol. The van der Waals surface area contributed by atoms with E-state index in [1.165, 1.54) is 12.1 Å². The van der Waals surface area contributed by atoms with E-state index in [-0.39, 0.29) is 23.0 Å². The molecule has 2 aromatic heterocycles. The van der Waals surface area contributed by atoms with Crippen LogP contribution in [-0.2, 0) is 30.4 Å². The monoisotopic (exact) mass is 495 g/mol. The summed E-state index contributed by atoms with van der Waals surface area (Å²) in [6, 6.07) is 13.9. The van der Waals surface area contributed by atoms with Crippen molar-refractivity contribution in [1.82, 2.24) is 15.2 Å². The summed E-state index contributed by atoms with van der Waals surface area (Å²) in [4.78, 5) is 13.1. The van der Waals surface area contributed by atoms with E-state index in [2.05, 4.69) is 15.2 Å². The molecule has 0 spiro atoms. The molecule has 0 atom stereocenters. The normalized spacial score (nSPS) is 15.9. The molecular formula is C26H20F3N3O4. The Morgan fingerprint density at radius 3 is 2.44 bits per heavy atom. The molecule has 184 valence electrons. The standard InChI is InChI=1S/C26H20F3N3O4/c27-26(28,29)20-22(31-35-23(20)15-4-2-1-3-5-15)24-19-9-7-16-10-14(6-8-18(16)21(19)30-36-24)11-32-12-17(13-32)25(33)34/h1-6,8,10,17H,7,9,11-13H2,(H,33,34). The second kappa shape index (κ2) is 8.34. The summed E-state index contributed by atoms with van der Waals surface area (Å²) in [6.07, 6.45) is -3.66. The third-order valence-electron chi connectivity index (χ3n) is 6.80.